The van der Waals surface area contributed by atoms with Crippen molar-refractivity contribution >= 4 is 23.4 Å². The third-order valence-electron chi connectivity index (χ3n) is 3.23. The van der Waals surface area contributed by atoms with E-state index >= 15 is 0 Å². The van der Waals surface area contributed by atoms with Crippen molar-refractivity contribution in [3.05, 3.63) is 35.0 Å². The molecule has 0 unspecified atom stereocenters. The highest BCUT2D eigenvalue weighted by molar-refractivity contribution is 6.29. The van der Waals surface area contributed by atoms with Crippen LogP contribution in [0.25, 0.3) is 0 Å². The van der Waals surface area contributed by atoms with Gasteiger partial charge >= 0.3 is 0 Å². The maximum Gasteiger partial charge on any atom is 0.223 e. The van der Waals surface area contributed by atoms with E-state index in [0.29, 0.717) is 29.0 Å². The minimum absolute atomic E-state index is 0.160. The molecule has 6 nitrogen and oxygen atoms in total. The molecule has 2 rings (SSSR count). The molecule has 0 radical (unpaired) electrons. The highest BCUT2D eigenvalue weighted by atomic mass is 35.5. The highest BCUT2D eigenvalue weighted by Crippen LogP contribution is 2.28. The molecule has 118 valence electrons. The van der Waals surface area contributed by atoms with Crippen LogP contribution in [0.1, 0.15) is 12.5 Å². The molecule has 0 bridgehead atoms. The molecule has 1 aromatic carbocycles. The Morgan fingerprint density at radius 3 is 2.45 bits per heavy atom. The lowest BCUT2D eigenvalue weighted by molar-refractivity contribution is 0.354. The molecule has 2 aromatic rings. The molecule has 0 spiro atoms. The van der Waals surface area contributed by atoms with E-state index in [1.54, 1.807) is 20.3 Å². The van der Waals surface area contributed by atoms with Gasteiger partial charge in [-0.05, 0) is 24.6 Å². The van der Waals surface area contributed by atoms with E-state index in [0.717, 1.165) is 12.1 Å². The van der Waals surface area contributed by atoms with Crippen LogP contribution in [-0.4, -0.2) is 30.7 Å². The number of ether oxygens (including phenoxy) is 2. The predicted molar refractivity (Wildman–Crippen MR) is 87.7 cm³/mol. The topological polar surface area (TPSA) is 73.5 Å². The summed E-state index contributed by atoms with van der Waals surface area (Å²) in [4.78, 5) is 10.2. The summed E-state index contributed by atoms with van der Waals surface area (Å²) in [6.07, 6.45) is 0. The van der Waals surface area contributed by atoms with Gasteiger partial charge in [0, 0.05) is 19.2 Å². The number of nitrogens with two attached hydrogens (primary N) is 1. The second kappa shape index (κ2) is 7.17. The van der Waals surface area contributed by atoms with Gasteiger partial charge in [-0.25, -0.2) is 4.98 Å². The first-order valence-corrected chi connectivity index (χ1v) is 7.21. The molecule has 7 heteroatoms. The Bertz CT molecular complexity index is 631. The second-order valence-electron chi connectivity index (χ2n) is 4.61. The van der Waals surface area contributed by atoms with Crippen molar-refractivity contribution in [3.63, 3.8) is 0 Å². The fourth-order valence-corrected chi connectivity index (χ4v) is 2.32. The minimum atomic E-state index is 0.160. The summed E-state index contributed by atoms with van der Waals surface area (Å²) in [5, 5.41) is 0.327. The smallest absolute Gasteiger partial charge is 0.223 e. The Hall–Kier alpha value is -2.21. The first-order valence-electron chi connectivity index (χ1n) is 6.83. The Labute approximate surface area is 134 Å². The summed E-state index contributed by atoms with van der Waals surface area (Å²) in [6, 6.07) is 7.50. The molecule has 1 heterocycles. The van der Waals surface area contributed by atoms with Crippen LogP contribution in [0.15, 0.2) is 24.3 Å². The van der Waals surface area contributed by atoms with Gasteiger partial charge < -0.3 is 20.1 Å². The van der Waals surface area contributed by atoms with E-state index in [-0.39, 0.29) is 5.95 Å². The lowest BCUT2D eigenvalue weighted by atomic mass is 10.2. The number of aromatic nitrogens is 2. The number of anilines is 2. The van der Waals surface area contributed by atoms with Crippen LogP contribution in [-0.2, 0) is 6.54 Å². The van der Waals surface area contributed by atoms with E-state index in [9.17, 15) is 0 Å². The number of halogens is 1. The highest BCUT2D eigenvalue weighted by Gasteiger charge is 2.11. The van der Waals surface area contributed by atoms with Gasteiger partial charge in [-0.2, -0.15) is 4.98 Å². The van der Waals surface area contributed by atoms with Gasteiger partial charge in [0.2, 0.25) is 5.95 Å². The maximum absolute atomic E-state index is 5.95. The van der Waals surface area contributed by atoms with Crippen molar-refractivity contribution in [2.24, 2.45) is 0 Å². The van der Waals surface area contributed by atoms with Crippen LogP contribution in [0.3, 0.4) is 0 Å². The SMILES string of the molecule is CCN(Cc1ccc(OC)c(OC)c1)c1cc(Cl)nc(N)n1. The standard InChI is InChI=1S/C15H19ClN4O2/c1-4-20(14-8-13(16)18-15(17)19-14)9-10-5-6-11(21-2)12(7-10)22-3/h5-8H,4,9H2,1-3H3,(H2,17,18,19). The molecule has 0 atom stereocenters. The Kier molecular flexibility index (Phi) is 5.27. The Morgan fingerprint density at radius 1 is 1.14 bits per heavy atom. The summed E-state index contributed by atoms with van der Waals surface area (Å²) in [5.41, 5.74) is 6.72. The summed E-state index contributed by atoms with van der Waals surface area (Å²) in [7, 11) is 3.23. The predicted octanol–water partition coefficient (Wildman–Crippen LogP) is 2.76. The number of nitrogen functional groups attached to an aromatic ring is 1. The average molecular weight is 323 g/mol. The molecule has 0 aliphatic heterocycles. The minimum Gasteiger partial charge on any atom is -0.493 e. The number of benzene rings is 1. The van der Waals surface area contributed by atoms with E-state index in [1.165, 1.54) is 0 Å². The lowest BCUT2D eigenvalue weighted by Gasteiger charge is -2.22. The van der Waals surface area contributed by atoms with Gasteiger partial charge in [0.15, 0.2) is 11.5 Å². The van der Waals surface area contributed by atoms with Crippen LogP contribution in [0.5, 0.6) is 11.5 Å². The van der Waals surface area contributed by atoms with Crippen molar-refractivity contribution in [1.29, 1.82) is 0 Å². The number of rotatable bonds is 6. The molecule has 0 aliphatic carbocycles. The third kappa shape index (κ3) is 3.71. The molecule has 0 fully saturated rings. The lowest BCUT2D eigenvalue weighted by Crippen LogP contribution is -2.23. The van der Waals surface area contributed by atoms with E-state index in [4.69, 9.17) is 26.8 Å². The number of methoxy groups -OCH3 is 2. The zero-order valence-electron chi connectivity index (χ0n) is 12.8. The Morgan fingerprint density at radius 2 is 1.86 bits per heavy atom. The zero-order valence-corrected chi connectivity index (χ0v) is 13.6. The summed E-state index contributed by atoms with van der Waals surface area (Å²) in [6.45, 7) is 3.43. The quantitative estimate of drug-likeness (QED) is 0.824. The summed E-state index contributed by atoms with van der Waals surface area (Å²) < 4.78 is 10.6. The number of hydrogen-bond donors (Lipinski definition) is 1. The van der Waals surface area contributed by atoms with Gasteiger partial charge in [0.25, 0.3) is 0 Å². The van der Waals surface area contributed by atoms with Crippen molar-refractivity contribution in [2.45, 2.75) is 13.5 Å². The van der Waals surface area contributed by atoms with Gasteiger partial charge in [-0.1, -0.05) is 17.7 Å². The zero-order chi connectivity index (χ0) is 16.1. The van der Waals surface area contributed by atoms with Crippen LogP contribution >= 0.6 is 11.6 Å². The molecule has 0 amide bonds. The molecule has 0 saturated carbocycles. The van der Waals surface area contributed by atoms with Crippen LogP contribution in [0.2, 0.25) is 5.15 Å². The van der Waals surface area contributed by atoms with Gasteiger partial charge in [0.05, 0.1) is 14.2 Å². The van der Waals surface area contributed by atoms with Crippen molar-refractivity contribution < 1.29 is 9.47 Å². The van der Waals surface area contributed by atoms with E-state index < -0.39 is 0 Å². The van der Waals surface area contributed by atoms with E-state index in [1.807, 2.05) is 30.0 Å². The summed E-state index contributed by atoms with van der Waals surface area (Å²) in [5.74, 6) is 2.24. The molecular weight excluding hydrogens is 304 g/mol. The van der Waals surface area contributed by atoms with Crippen molar-refractivity contribution in [1.82, 2.24) is 9.97 Å². The number of hydrogen-bond acceptors (Lipinski definition) is 6. The van der Waals surface area contributed by atoms with Gasteiger partial charge in [-0.15, -0.1) is 0 Å². The first-order chi connectivity index (χ1) is 10.6. The molecule has 0 aliphatic rings. The second-order valence-corrected chi connectivity index (χ2v) is 5.00. The normalized spacial score (nSPS) is 10.4. The fraction of sp³-hybridized carbons (Fsp3) is 0.333. The molecule has 1 aromatic heterocycles. The van der Waals surface area contributed by atoms with Crippen LogP contribution in [0, 0.1) is 0 Å². The third-order valence-corrected chi connectivity index (χ3v) is 3.42. The van der Waals surface area contributed by atoms with Crippen LogP contribution < -0.4 is 20.1 Å². The largest absolute Gasteiger partial charge is 0.493 e. The van der Waals surface area contributed by atoms with E-state index in [2.05, 4.69) is 9.97 Å². The number of nitrogens with zero attached hydrogens (tertiary/aromatic N) is 3. The monoisotopic (exact) mass is 322 g/mol. The van der Waals surface area contributed by atoms with Crippen molar-refractivity contribution in [3.8, 4) is 11.5 Å². The van der Waals surface area contributed by atoms with Crippen LogP contribution in [0.4, 0.5) is 11.8 Å². The molecule has 0 saturated heterocycles. The Balaban J connectivity index is 2.26. The fourth-order valence-electron chi connectivity index (χ4n) is 2.14. The molecular formula is C15H19ClN4O2. The summed E-state index contributed by atoms with van der Waals surface area (Å²) >= 11 is 5.95. The van der Waals surface area contributed by atoms with Gasteiger partial charge in [0.1, 0.15) is 11.0 Å². The average Bonchev–Trinajstić information content (AvgIpc) is 2.51. The molecule has 2 N–H and O–H groups in total. The maximum atomic E-state index is 5.95. The van der Waals surface area contributed by atoms with Crippen molar-refractivity contribution in [2.75, 3.05) is 31.4 Å². The van der Waals surface area contributed by atoms with Gasteiger partial charge in [-0.3, -0.25) is 0 Å². The first kappa shape index (κ1) is 16.2. The molecule has 22 heavy (non-hydrogen) atoms.